The van der Waals surface area contributed by atoms with Crippen molar-refractivity contribution in [3.63, 3.8) is 0 Å². The number of nitrogens with zero attached hydrogens (tertiary/aromatic N) is 2. The van der Waals surface area contributed by atoms with E-state index < -0.39 is 5.97 Å². The molecule has 1 fully saturated rings. The zero-order chi connectivity index (χ0) is 11.8. The van der Waals surface area contributed by atoms with Gasteiger partial charge in [0.05, 0.1) is 5.75 Å². The van der Waals surface area contributed by atoms with Crippen LogP contribution in [0.3, 0.4) is 0 Å². The van der Waals surface area contributed by atoms with Gasteiger partial charge in [0.25, 0.3) is 0 Å². The third-order valence-electron chi connectivity index (χ3n) is 2.99. The highest BCUT2D eigenvalue weighted by Crippen LogP contribution is 2.47. The van der Waals surface area contributed by atoms with Crippen molar-refractivity contribution in [3.8, 4) is 0 Å². The lowest BCUT2D eigenvalue weighted by molar-refractivity contribution is -0.133. The van der Waals surface area contributed by atoms with E-state index in [1.165, 1.54) is 24.6 Å². The Bertz CT molecular complexity index is 410. The van der Waals surface area contributed by atoms with E-state index in [-0.39, 0.29) is 5.75 Å². The van der Waals surface area contributed by atoms with Crippen LogP contribution in [0.5, 0.6) is 0 Å². The molecule has 0 atom stereocenters. The van der Waals surface area contributed by atoms with Gasteiger partial charge in [-0.1, -0.05) is 18.7 Å². The predicted molar refractivity (Wildman–Crippen MR) is 62.7 cm³/mol. The molecule has 1 aliphatic rings. The summed E-state index contributed by atoms with van der Waals surface area (Å²) in [4.78, 5) is 14.8. The summed E-state index contributed by atoms with van der Waals surface area (Å²) in [7, 11) is 0. The van der Waals surface area contributed by atoms with Crippen LogP contribution in [-0.2, 0) is 11.3 Å². The lowest BCUT2D eigenvalue weighted by Gasteiger charge is -2.13. The molecule has 0 saturated heterocycles. The summed E-state index contributed by atoms with van der Waals surface area (Å²) in [6.07, 6.45) is 4.33. The van der Waals surface area contributed by atoms with Gasteiger partial charge in [-0.15, -0.1) is 0 Å². The van der Waals surface area contributed by atoms with Crippen LogP contribution in [-0.4, -0.2) is 26.4 Å². The topological polar surface area (TPSA) is 55.1 Å². The molecule has 0 aliphatic heterocycles. The smallest absolute Gasteiger partial charge is 0.313 e. The summed E-state index contributed by atoms with van der Waals surface area (Å²) in [6.45, 7) is 5.24. The van der Waals surface area contributed by atoms with E-state index in [4.69, 9.17) is 5.11 Å². The van der Waals surface area contributed by atoms with Crippen LogP contribution in [0, 0.1) is 12.3 Å². The van der Waals surface area contributed by atoms with Crippen molar-refractivity contribution in [2.75, 3.05) is 5.75 Å². The molecule has 1 N–H and O–H groups in total. The van der Waals surface area contributed by atoms with E-state index in [9.17, 15) is 4.79 Å². The second-order valence-corrected chi connectivity index (χ2v) is 5.70. The highest BCUT2D eigenvalue weighted by molar-refractivity contribution is 7.99. The van der Waals surface area contributed by atoms with Crippen molar-refractivity contribution in [2.24, 2.45) is 5.41 Å². The van der Waals surface area contributed by atoms with Gasteiger partial charge in [0.2, 0.25) is 0 Å². The number of hydrogen-bond donors (Lipinski definition) is 1. The molecule has 0 radical (unpaired) electrons. The molecule has 1 heterocycles. The van der Waals surface area contributed by atoms with Crippen molar-refractivity contribution >= 4 is 17.7 Å². The van der Waals surface area contributed by atoms with Crippen LogP contribution in [0.1, 0.15) is 25.5 Å². The zero-order valence-corrected chi connectivity index (χ0v) is 10.4. The number of carbonyl (C=O) groups is 1. The molecular weight excluding hydrogens is 224 g/mol. The third kappa shape index (κ3) is 2.58. The Labute approximate surface area is 99.1 Å². The van der Waals surface area contributed by atoms with Crippen LogP contribution in [0.15, 0.2) is 11.4 Å². The van der Waals surface area contributed by atoms with Crippen LogP contribution in [0.25, 0.3) is 0 Å². The summed E-state index contributed by atoms with van der Waals surface area (Å²) in [6, 6.07) is 0. The molecule has 0 bridgehead atoms. The number of aryl methyl sites for hydroxylation is 1. The molecule has 5 heteroatoms. The van der Waals surface area contributed by atoms with E-state index in [0.717, 1.165) is 17.4 Å². The van der Waals surface area contributed by atoms with Gasteiger partial charge >= 0.3 is 5.97 Å². The number of aromatic nitrogens is 2. The minimum atomic E-state index is -0.796. The minimum absolute atomic E-state index is 0.0766. The molecule has 0 spiro atoms. The minimum Gasteiger partial charge on any atom is -0.481 e. The molecule has 0 unspecified atom stereocenters. The SMILES string of the molecule is Cc1cnc(SCC(=O)O)n1CC1(C)CC1. The van der Waals surface area contributed by atoms with Crippen LogP contribution < -0.4 is 0 Å². The monoisotopic (exact) mass is 240 g/mol. The van der Waals surface area contributed by atoms with Gasteiger partial charge in [-0.2, -0.15) is 0 Å². The first kappa shape index (κ1) is 11.5. The Balaban J connectivity index is 2.09. The molecule has 1 aliphatic carbocycles. The van der Waals surface area contributed by atoms with Gasteiger partial charge in [0.1, 0.15) is 0 Å². The molecule has 1 aromatic rings. The Morgan fingerprint density at radius 1 is 1.69 bits per heavy atom. The van der Waals surface area contributed by atoms with Crippen molar-refractivity contribution in [3.05, 3.63) is 11.9 Å². The molecular formula is C11H16N2O2S. The van der Waals surface area contributed by atoms with Gasteiger partial charge < -0.3 is 9.67 Å². The van der Waals surface area contributed by atoms with E-state index in [2.05, 4.69) is 16.5 Å². The summed E-state index contributed by atoms with van der Waals surface area (Å²) >= 11 is 1.30. The number of aliphatic carboxylic acids is 1. The normalized spacial score (nSPS) is 17.4. The Morgan fingerprint density at radius 3 is 2.94 bits per heavy atom. The fourth-order valence-electron chi connectivity index (χ4n) is 1.63. The van der Waals surface area contributed by atoms with Gasteiger partial charge in [-0.05, 0) is 25.2 Å². The van der Waals surface area contributed by atoms with Gasteiger partial charge in [0.15, 0.2) is 5.16 Å². The molecule has 1 saturated carbocycles. The maximum Gasteiger partial charge on any atom is 0.313 e. The summed E-state index contributed by atoms with van der Waals surface area (Å²) < 4.78 is 2.14. The second kappa shape index (κ2) is 4.13. The molecule has 2 rings (SSSR count). The largest absolute Gasteiger partial charge is 0.481 e. The second-order valence-electron chi connectivity index (χ2n) is 4.76. The van der Waals surface area contributed by atoms with Gasteiger partial charge in [-0.3, -0.25) is 4.79 Å². The average molecular weight is 240 g/mol. The van der Waals surface area contributed by atoms with E-state index in [1.807, 2.05) is 13.1 Å². The van der Waals surface area contributed by atoms with Gasteiger partial charge in [-0.25, -0.2) is 4.98 Å². The number of carboxylic acids is 1. The predicted octanol–water partition coefficient (Wildman–Crippen LogP) is 2.17. The fraction of sp³-hybridized carbons (Fsp3) is 0.636. The Hall–Kier alpha value is -0.970. The van der Waals surface area contributed by atoms with Crippen molar-refractivity contribution < 1.29 is 9.90 Å². The first-order chi connectivity index (χ1) is 7.50. The lowest BCUT2D eigenvalue weighted by atomic mass is 10.1. The quantitative estimate of drug-likeness (QED) is 0.801. The lowest BCUT2D eigenvalue weighted by Crippen LogP contribution is -2.11. The van der Waals surface area contributed by atoms with Crippen molar-refractivity contribution in [1.29, 1.82) is 0 Å². The maximum atomic E-state index is 10.5. The summed E-state index contributed by atoms with van der Waals surface area (Å²) in [5.74, 6) is -0.720. The standard InChI is InChI=1S/C11H16N2O2S/c1-8-5-12-10(16-6-9(14)15)13(8)7-11(2)3-4-11/h5H,3-4,6-7H2,1-2H3,(H,14,15). The van der Waals surface area contributed by atoms with E-state index in [1.54, 1.807) is 0 Å². The Kier molecular flexibility index (Phi) is 2.97. The first-order valence-electron chi connectivity index (χ1n) is 5.37. The summed E-state index contributed by atoms with van der Waals surface area (Å²) in [5, 5.41) is 9.49. The van der Waals surface area contributed by atoms with Crippen LogP contribution >= 0.6 is 11.8 Å². The number of carboxylic acid groups (broad SMARTS) is 1. The van der Waals surface area contributed by atoms with Crippen molar-refractivity contribution in [2.45, 2.75) is 38.4 Å². The molecule has 0 amide bonds. The molecule has 0 aromatic carbocycles. The fourth-order valence-corrected chi connectivity index (χ4v) is 2.37. The average Bonchev–Trinajstić information content (AvgIpc) is 2.84. The highest BCUT2D eigenvalue weighted by atomic mass is 32.2. The molecule has 1 aromatic heterocycles. The van der Waals surface area contributed by atoms with E-state index >= 15 is 0 Å². The number of hydrogen-bond acceptors (Lipinski definition) is 3. The number of thioether (sulfide) groups is 1. The number of imidazole rings is 1. The molecule has 16 heavy (non-hydrogen) atoms. The number of rotatable bonds is 5. The van der Waals surface area contributed by atoms with Crippen LogP contribution in [0.2, 0.25) is 0 Å². The summed E-state index contributed by atoms with van der Waals surface area (Å²) in [5.41, 5.74) is 1.52. The Morgan fingerprint density at radius 2 is 2.38 bits per heavy atom. The maximum absolute atomic E-state index is 10.5. The van der Waals surface area contributed by atoms with Crippen molar-refractivity contribution in [1.82, 2.24) is 9.55 Å². The zero-order valence-electron chi connectivity index (χ0n) is 9.56. The van der Waals surface area contributed by atoms with Gasteiger partial charge in [0, 0.05) is 18.4 Å². The highest BCUT2D eigenvalue weighted by Gasteiger charge is 2.38. The van der Waals surface area contributed by atoms with Crippen LogP contribution in [0.4, 0.5) is 0 Å². The third-order valence-corrected chi connectivity index (χ3v) is 3.96. The first-order valence-corrected chi connectivity index (χ1v) is 6.35. The molecule has 4 nitrogen and oxygen atoms in total. The molecule has 88 valence electrons. The van der Waals surface area contributed by atoms with E-state index in [0.29, 0.717) is 5.41 Å².